The second-order valence-corrected chi connectivity index (χ2v) is 3.90. The number of hydrazine groups is 1. The van der Waals surface area contributed by atoms with E-state index in [0.29, 0.717) is 5.56 Å². The lowest BCUT2D eigenvalue weighted by molar-refractivity contribution is 0.606. The standard InChI is InChI=1S/C12H12F2N4/c1-6-3-4-8(13)5-9(6)11-16-7(2)10(14)12(17-11)18-15/h3-5H,15H2,1-2H3,(H,16,17,18). The number of halogens is 2. The zero-order chi connectivity index (χ0) is 13.3. The van der Waals surface area contributed by atoms with Gasteiger partial charge in [0.1, 0.15) is 5.82 Å². The first-order chi connectivity index (χ1) is 8.52. The third-order valence-electron chi connectivity index (χ3n) is 2.59. The van der Waals surface area contributed by atoms with Crippen LogP contribution in [0.1, 0.15) is 11.3 Å². The molecular formula is C12H12F2N4. The Hall–Kier alpha value is -2.08. The van der Waals surface area contributed by atoms with Gasteiger partial charge in [0.2, 0.25) is 0 Å². The van der Waals surface area contributed by atoms with Crippen LogP contribution in [0.25, 0.3) is 11.4 Å². The molecule has 0 unspecified atom stereocenters. The van der Waals surface area contributed by atoms with E-state index in [0.717, 1.165) is 5.56 Å². The Morgan fingerprint density at radius 2 is 1.89 bits per heavy atom. The van der Waals surface area contributed by atoms with Crippen LogP contribution in [0.4, 0.5) is 14.6 Å². The van der Waals surface area contributed by atoms with Crippen LogP contribution in [0.3, 0.4) is 0 Å². The highest BCUT2D eigenvalue weighted by atomic mass is 19.1. The topological polar surface area (TPSA) is 63.8 Å². The summed E-state index contributed by atoms with van der Waals surface area (Å²) in [7, 11) is 0. The second kappa shape index (κ2) is 4.66. The molecule has 0 atom stereocenters. The van der Waals surface area contributed by atoms with E-state index < -0.39 is 11.6 Å². The first-order valence-corrected chi connectivity index (χ1v) is 5.30. The minimum atomic E-state index is -0.615. The molecule has 94 valence electrons. The highest BCUT2D eigenvalue weighted by Gasteiger charge is 2.13. The van der Waals surface area contributed by atoms with Crippen LogP contribution in [0.2, 0.25) is 0 Å². The number of nitrogens with zero attached hydrogens (tertiary/aromatic N) is 2. The number of hydrogen-bond acceptors (Lipinski definition) is 4. The fourth-order valence-electron chi connectivity index (χ4n) is 1.61. The third kappa shape index (κ3) is 2.14. The first kappa shape index (κ1) is 12.4. The van der Waals surface area contributed by atoms with Gasteiger partial charge in [-0.05, 0) is 31.5 Å². The van der Waals surface area contributed by atoms with Crippen molar-refractivity contribution in [2.45, 2.75) is 13.8 Å². The number of nitrogens with one attached hydrogen (secondary N) is 1. The molecule has 3 N–H and O–H groups in total. The maximum Gasteiger partial charge on any atom is 0.187 e. The molecule has 0 saturated heterocycles. The molecular weight excluding hydrogens is 238 g/mol. The first-order valence-electron chi connectivity index (χ1n) is 5.30. The highest BCUT2D eigenvalue weighted by molar-refractivity contribution is 5.62. The Morgan fingerprint density at radius 3 is 2.56 bits per heavy atom. The van der Waals surface area contributed by atoms with E-state index in [1.54, 1.807) is 13.0 Å². The summed E-state index contributed by atoms with van der Waals surface area (Å²) < 4.78 is 26.8. The summed E-state index contributed by atoms with van der Waals surface area (Å²) in [6.45, 7) is 3.29. The molecule has 1 heterocycles. The second-order valence-electron chi connectivity index (χ2n) is 3.90. The minimum absolute atomic E-state index is 0.110. The number of anilines is 1. The van der Waals surface area contributed by atoms with Crippen LogP contribution in [0.5, 0.6) is 0 Å². The molecule has 0 spiro atoms. The summed E-state index contributed by atoms with van der Waals surface area (Å²) in [5.41, 5.74) is 3.62. The van der Waals surface area contributed by atoms with Crippen molar-refractivity contribution in [1.82, 2.24) is 9.97 Å². The zero-order valence-corrected chi connectivity index (χ0v) is 9.96. The average Bonchev–Trinajstić information content (AvgIpc) is 2.35. The smallest absolute Gasteiger partial charge is 0.187 e. The largest absolute Gasteiger partial charge is 0.306 e. The lowest BCUT2D eigenvalue weighted by Gasteiger charge is -2.09. The van der Waals surface area contributed by atoms with Crippen molar-refractivity contribution >= 4 is 5.82 Å². The van der Waals surface area contributed by atoms with Gasteiger partial charge in [-0.3, -0.25) is 0 Å². The lowest BCUT2D eigenvalue weighted by atomic mass is 10.1. The fraction of sp³-hybridized carbons (Fsp3) is 0.167. The highest BCUT2D eigenvalue weighted by Crippen LogP contribution is 2.24. The van der Waals surface area contributed by atoms with Crippen molar-refractivity contribution in [3.8, 4) is 11.4 Å². The molecule has 0 amide bonds. The number of hydrogen-bond donors (Lipinski definition) is 2. The molecule has 2 aromatic rings. The summed E-state index contributed by atoms with van der Waals surface area (Å²) in [5, 5.41) is 0. The van der Waals surface area contributed by atoms with Crippen LogP contribution >= 0.6 is 0 Å². The van der Waals surface area contributed by atoms with Crippen LogP contribution in [-0.2, 0) is 0 Å². The number of aromatic nitrogens is 2. The number of rotatable bonds is 2. The van der Waals surface area contributed by atoms with E-state index in [1.165, 1.54) is 19.1 Å². The molecule has 0 saturated carbocycles. The molecule has 1 aromatic carbocycles. The molecule has 2 rings (SSSR count). The van der Waals surface area contributed by atoms with Gasteiger partial charge in [0.15, 0.2) is 17.5 Å². The molecule has 0 aliphatic carbocycles. The number of nitrogens with two attached hydrogens (primary N) is 1. The molecule has 4 nitrogen and oxygen atoms in total. The lowest BCUT2D eigenvalue weighted by Crippen LogP contribution is -2.13. The van der Waals surface area contributed by atoms with Crippen molar-refractivity contribution in [2.75, 3.05) is 5.43 Å². The SMILES string of the molecule is Cc1ccc(F)cc1-c1nc(C)c(F)c(NN)n1. The van der Waals surface area contributed by atoms with Gasteiger partial charge in [-0.2, -0.15) is 0 Å². The average molecular weight is 250 g/mol. The number of nitrogen functional groups attached to an aromatic ring is 1. The Kier molecular flexibility index (Phi) is 3.20. The third-order valence-corrected chi connectivity index (χ3v) is 2.59. The molecule has 0 fully saturated rings. The van der Waals surface area contributed by atoms with Crippen molar-refractivity contribution in [3.63, 3.8) is 0 Å². The zero-order valence-electron chi connectivity index (χ0n) is 9.96. The predicted octanol–water partition coefficient (Wildman–Crippen LogP) is 2.32. The summed E-state index contributed by atoms with van der Waals surface area (Å²) in [5.74, 6) is 4.29. The van der Waals surface area contributed by atoms with Crippen LogP contribution in [-0.4, -0.2) is 9.97 Å². The molecule has 0 bridgehead atoms. The van der Waals surface area contributed by atoms with Gasteiger partial charge in [0.05, 0.1) is 5.69 Å². The Bertz CT molecular complexity index is 599. The Balaban J connectivity index is 2.64. The van der Waals surface area contributed by atoms with Gasteiger partial charge >= 0.3 is 0 Å². The predicted molar refractivity (Wildman–Crippen MR) is 64.7 cm³/mol. The molecule has 1 aromatic heterocycles. The molecule has 18 heavy (non-hydrogen) atoms. The van der Waals surface area contributed by atoms with E-state index in [4.69, 9.17) is 5.84 Å². The van der Waals surface area contributed by atoms with Crippen molar-refractivity contribution in [3.05, 3.63) is 41.1 Å². The van der Waals surface area contributed by atoms with E-state index in [2.05, 4.69) is 15.4 Å². The number of aryl methyl sites for hydroxylation is 2. The van der Waals surface area contributed by atoms with Crippen LogP contribution in [0.15, 0.2) is 18.2 Å². The monoisotopic (exact) mass is 250 g/mol. The van der Waals surface area contributed by atoms with E-state index in [9.17, 15) is 8.78 Å². The molecule has 0 aliphatic heterocycles. The summed E-state index contributed by atoms with van der Waals surface area (Å²) in [6, 6.07) is 4.27. The minimum Gasteiger partial charge on any atom is -0.306 e. The Morgan fingerprint density at radius 1 is 1.17 bits per heavy atom. The van der Waals surface area contributed by atoms with E-state index in [-0.39, 0.29) is 17.3 Å². The summed E-state index contributed by atoms with van der Waals surface area (Å²) in [6.07, 6.45) is 0. The van der Waals surface area contributed by atoms with Gasteiger partial charge in [0.25, 0.3) is 0 Å². The summed E-state index contributed by atoms with van der Waals surface area (Å²) in [4.78, 5) is 7.94. The Labute approximate surface area is 103 Å². The van der Waals surface area contributed by atoms with Gasteiger partial charge < -0.3 is 5.43 Å². The maximum absolute atomic E-state index is 13.5. The van der Waals surface area contributed by atoms with Crippen molar-refractivity contribution in [1.29, 1.82) is 0 Å². The van der Waals surface area contributed by atoms with E-state index in [1.807, 2.05) is 0 Å². The van der Waals surface area contributed by atoms with Crippen LogP contribution < -0.4 is 11.3 Å². The quantitative estimate of drug-likeness (QED) is 0.634. The van der Waals surface area contributed by atoms with Gasteiger partial charge in [-0.25, -0.2) is 24.6 Å². The van der Waals surface area contributed by atoms with Crippen LogP contribution in [0, 0.1) is 25.5 Å². The fourth-order valence-corrected chi connectivity index (χ4v) is 1.61. The van der Waals surface area contributed by atoms with Gasteiger partial charge in [-0.1, -0.05) is 6.07 Å². The van der Waals surface area contributed by atoms with E-state index >= 15 is 0 Å². The molecule has 6 heteroatoms. The van der Waals surface area contributed by atoms with Crippen molar-refractivity contribution < 1.29 is 8.78 Å². The molecule has 0 aliphatic rings. The normalized spacial score (nSPS) is 10.5. The maximum atomic E-state index is 13.5. The molecule has 0 radical (unpaired) electrons. The summed E-state index contributed by atoms with van der Waals surface area (Å²) >= 11 is 0. The van der Waals surface area contributed by atoms with Crippen molar-refractivity contribution in [2.24, 2.45) is 5.84 Å². The van der Waals surface area contributed by atoms with Gasteiger partial charge in [-0.15, -0.1) is 0 Å². The van der Waals surface area contributed by atoms with Gasteiger partial charge in [0, 0.05) is 5.56 Å². The number of benzene rings is 1.